The van der Waals surface area contributed by atoms with Crippen LogP contribution in [0.2, 0.25) is 5.02 Å². The van der Waals surface area contributed by atoms with Crippen LogP contribution in [-0.4, -0.2) is 17.0 Å². The van der Waals surface area contributed by atoms with E-state index in [0.717, 1.165) is 17.7 Å². The fourth-order valence-corrected chi connectivity index (χ4v) is 2.16. The van der Waals surface area contributed by atoms with Crippen LogP contribution in [0, 0.1) is 0 Å². The van der Waals surface area contributed by atoms with Gasteiger partial charge < -0.3 is 10.2 Å². The molecule has 1 aromatic heterocycles. The van der Waals surface area contributed by atoms with E-state index >= 15 is 0 Å². The van der Waals surface area contributed by atoms with Crippen molar-refractivity contribution >= 4 is 34.5 Å². The van der Waals surface area contributed by atoms with Crippen LogP contribution in [0.1, 0.15) is 18.4 Å². The summed E-state index contributed by atoms with van der Waals surface area (Å²) in [5, 5.41) is 0.577. The number of oxazole rings is 1. The zero-order chi connectivity index (χ0) is 11.5. The number of hydrogen-bond donors (Lipinski definition) is 1. The monoisotopic (exact) mass is 256 g/mol. The molecule has 0 spiro atoms. The van der Waals surface area contributed by atoms with Gasteiger partial charge in [-0.25, -0.2) is 4.98 Å². The molecular weight excluding hydrogens is 244 g/mol. The molecule has 1 heterocycles. The van der Waals surface area contributed by atoms with Gasteiger partial charge in [0.05, 0.1) is 11.1 Å². The molecule has 5 heteroatoms. The normalized spacial score (nSPS) is 13.2. The molecule has 86 valence electrons. The van der Waals surface area contributed by atoms with Crippen molar-refractivity contribution in [1.29, 1.82) is 0 Å². The summed E-state index contributed by atoms with van der Waals surface area (Å²) in [7, 11) is 0. The maximum atomic E-state index is 6.00. The maximum absolute atomic E-state index is 6.00. The molecule has 0 radical (unpaired) electrons. The summed E-state index contributed by atoms with van der Waals surface area (Å²) >= 11 is 7.76. The Morgan fingerprint density at radius 3 is 3.06 bits per heavy atom. The number of nitrogens with two attached hydrogens (primary N) is 1. The number of halogens is 1. The van der Waals surface area contributed by atoms with Crippen molar-refractivity contribution in [3.05, 3.63) is 29.1 Å². The molecule has 0 amide bonds. The quantitative estimate of drug-likeness (QED) is 0.913. The SMILES string of the molecule is CSCCC(N)c1nc2cccc(Cl)c2o1. The Kier molecular flexibility index (Phi) is 3.74. The lowest BCUT2D eigenvalue weighted by Gasteiger charge is -2.04. The fourth-order valence-electron chi connectivity index (χ4n) is 1.46. The molecule has 16 heavy (non-hydrogen) atoms. The molecule has 0 aliphatic rings. The fraction of sp³-hybridized carbons (Fsp3) is 0.364. The van der Waals surface area contributed by atoms with Crippen molar-refractivity contribution in [2.75, 3.05) is 12.0 Å². The van der Waals surface area contributed by atoms with Crippen LogP contribution >= 0.6 is 23.4 Å². The molecule has 0 aliphatic carbocycles. The summed E-state index contributed by atoms with van der Waals surface area (Å²) in [4.78, 5) is 4.34. The lowest BCUT2D eigenvalue weighted by Crippen LogP contribution is -2.11. The van der Waals surface area contributed by atoms with Crippen molar-refractivity contribution in [2.24, 2.45) is 5.73 Å². The van der Waals surface area contributed by atoms with Crippen LogP contribution in [0.5, 0.6) is 0 Å². The number of hydrogen-bond acceptors (Lipinski definition) is 4. The second-order valence-electron chi connectivity index (χ2n) is 3.53. The first-order chi connectivity index (χ1) is 7.72. The van der Waals surface area contributed by atoms with Crippen LogP contribution < -0.4 is 5.73 Å². The van der Waals surface area contributed by atoms with Gasteiger partial charge in [-0.2, -0.15) is 11.8 Å². The zero-order valence-electron chi connectivity index (χ0n) is 8.94. The van der Waals surface area contributed by atoms with Crippen LogP contribution in [0.25, 0.3) is 11.1 Å². The molecular formula is C11H13ClN2OS. The van der Waals surface area contributed by atoms with E-state index in [1.807, 2.05) is 12.1 Å². The first kappa shape index (κ1) is 11.8. The Morgan fingerprint density at radius 1 is 1.56 bits per heavy atom. The van der Waals surface area contributed by atoms with E-state index in [4.69, 9.17) is 21.8 Å². The first-order valence-corrected chi connectivity index (χ1v) is 6.79. The maximum Gasteiger partial charge on any atom is 0.212 e. The molecule has 0 saturated heterocycles. The Labute approximate surface area is 103 Å². The van der Waals surface area contributed by atoms with Crippen LogP contribution in [-0.2, 0) is 0 Å². The van der Waals surface area contributed by atoms with Gasteiger partial charge >= 0.3 is 0 Å². The molecule has 0 fully saturated rings. The van der Waals surface area contributed by atoms with Crippen molar-refractivity contribution in [1.82, 2.24) is 4.98 Å². The summed E-state index contributed by atoms with van der Waals surface area (Å²) in [5.74, 6) is 1.56. The number of benzene rings is 1. The van der Waals surface area contributed by atoms with Crippen LogP contribution in [0.3, 0.4) is 0 Å². The van der Waals surface area contributed by atoms with E-state index in [0.29, 0.717) is 16.5 Å². The molecule has 1 unspecified atom stereocenters. The highest BCUT2D eigenvalue weighted by atomic mass is 35.5. The largest absolute Gasteiger partial charge is 0.437 e. The average molecular weight is 257 g/mol. The topological polar surface area (TPSA) is 52.0 Å². The van der Waals surface area contributed by atoms with Gasteiger partial charge in [0.2, 0.25) is 5.89 Å². The van der Waals surface area contributed by atoms with Crippen LogP contribution in [0.15, 0.2) is 22.6 Å². The third kappa shape index (κ3) is 2.34. The Bertz CT molecular complexity index is 486. The molecule has 3 nitrogen and oxygen atoms in total. The predicted octanol–water partition coefficient (Wildman–Crippen LogP) is 3.23. The molecule has 2 rings (SSSR count). The van der Waals surface area contributed by atoms with E-state index in [9.17, 15) is 0 Å². The summed E-state index contributed by atoms with van der Waals surface area (Å²) in [6.45, 7) is 0. The molecule has 0 saturated carbocycles. The van der Waals surface area contributed by atoms with Gasteiger partial charge in [0.25, 0.3) is 0 Å². The van der Waals surface area contributed by atoms with Gasteiger partial charge in [0, 0.05) is 0 Å². The van der Waals surface area contributed by atoms with E-state index in [2.05, 4.69) is 11.2 Å². The van der Waals surface area contributed by atoms with Gasteiger partial charge in [0.15, 0.2) is 5.58 Å². The summed E-state index contributed by atoms with van der Waals surface area (Å²) in [6.07, 6.45) is 2.90. The predicted molar refractivity (Wildman–Crippen MR) is 68.9 cm³/mol. The van der Waals surface area contributed by atoms with E-state index < -0.39 is 0 Å². The minimum atomic E-state index is -0.157. The molecule has 1 aromatic carbocycles. The number of fused-ring (bicyclic) bond motifs is 1. The van der Waals surface area contributed by atoms with Crippen molar-refractivity contribution in [2.45, 2.75) is 12.5 Å². The smallest absolute Gasteiger partial charge is 0.212 e. The number of para-hydroxylation sites is 1. The van der Waals surface area contributed by atoms with Crippen molar-refractivity contribution in [3.8, 4) is 0 Å². The number of thioether (sulfide) groups is 1. The van der Waals surface area contributed by atoms with Crippen molar-refractivity contribution < 1.29 is 4.42 Å². The highest BCUT2D eigenvalue weighted by Gasteiger charge is 2.14. The third-order valence-corrected chi connectivity index (χ3v) is 3.28. The second-order valence-corrected chi connectivity index (χ2v) is 4.92. The highest BCUT2D eigenvalue weighted by Crippen LogP contribution is 2.26. The zero-order valence-corrected chi connectivity index (χ0v) is 10.5. The van der Waals surface area contributed by atoms with Gasteiger partial charge in [-0.15, -0.1) is 0 Å². The first-order valence-electron chi connectivity index (χ1n) is 5.02. The highest BCUT2D eigenvalue weighted by molar-refractivity contribution is 7.98. The molecule has 1 atom stereocenters. The Balaban J connectivity index is 2.29. The summed E-state index contributed by atoms with van der Waals surface area (Å²) in [5.41, 5.74) is 7.37. The van der Waals surface area contributed by atoms with Crippen molar-refractivity contribution in [3.63, 3.8) is 0 Å². The second kappa shape index (κ2) is 5.08. The number of rotatable bonds is 4. The number of aromatic nitrogens is 1. The van der Waals surface area contributed by atoms with Gasteiger partial charge in [0.1, 0.15) is 5.52 Å². The van der Waals surface area contributed by atoms with E-state index in [-0.39, 0.29) is 6.04 Å². The lowest BCUT2D eigenvalue weighted by molar-refractivity contribution is 0.470. The third-order valence-electron chi connectivity index (χ3n) is 2.33. The van der Waals surface area contributed by atoms with Gasteiger partial charge in [-0.05, 0) is 30.6 Å². The molecule has 0 aliphatic heterocycles. The Hall–Kier alpha value is -0.710. The van der Waals surface area contributed by atoms with E-state index in [1.165, 1.54) is 0 Å². The van der Waals surface area contributed by atoms with Gasteiger partial charge in [-0.3, -0.25) is 0 Å². The minimum Gasteiger partial charge on any atom is -0.437 e. The summed E-state index contributed by atoms with van der Waals surface area (Å²) in [6, 6.07) is 5.35. The Morgan fingerprint density at radius 2 is 2.38 bits per heavy atom. The van der Waals surface area contributed by atoms with Crippen LogP contribution in [0.4, 0.5) is 0 Å². The molecule has 2 aromatic rings. The molecule has 2 N–H and O–H groups in total. The number of nitrogens with zero attached hydrogens (tertiary/aromatic N) is 1. The lowest BCUT2D eigenvalue weighted by atomic mass is 10.2. The summed E-state index contributed by atoms with van der Waals surface area (Å²) < 4.78 is 5.58. The van der Waals surface area contributed by atoms with E-state index in [1.54, 1.807) is 17.8 Å². The minimum absolute atomic E-state index is 0.157. The average Bonchev–Trinajstić information content (AvgIpc) is 2.71. The van der Waals surface area contributed by atoms with Gasteiger partial charge in [-0.1, -0.05) is 17.7 Å². The molecule has 0 bridgehead atoms. The standard InChI is InChI=1S/C11H13ClN2OS/c1-16-6-5-8(13)11-14-9-4-2-3-7(12)10(9)15-11/h2-4,8H,5-6,13H2,1H3.